The van der Waals surface area contributed by atoms with Gasteiger partial charge in [0.1, 0.15) is 0 Å². The summed E-state index contributed by atoms with van der Waals surface area (Å²) in [4.78, 5) is 13.4. The number of hydrogen-bond acceptors (Lipinski definition) is 2. The number of amides is 2. The molecule has 17 heavy (non-hydrogen) atoms. The molecular weight excluding hydrogens is 216 g/mol. The van der Waals surface area contributed by atoms with Crippen LogP contribution in [0.15, 0.2) is 24.3 Å². The molecular formula is C13H20N2O2. The standard InChI is InChI=1S/C13H20N2O2/c1-11-6-4-7-12(10-11)14-13(16)15(2)8-5-9-17-3/h4,6-7,10H,5,8-9H2,1-3H3,(H,14,16). The third kappa shape index (κ3) is 4.87. The maximum absolute atomic E-state index is 11.8. The Morgan fingerprint density at radius 3 is 2.88 bits per heavy atom. The number of methoxy groups -OCH3 is 1. The number of carbonyl (C=O) groups excluding carboxylic acids is 1. The van der Waals surface area contributed by atoms with Crippen molar-refractivity contribution in [3.63, 3.8) is 0 Å². The molecule has 0 saturated heterocycles. The topological polar surface area (TPSA) is 41.6 Å². The van der Waals surface area contributed by atoms with Gasteiger partial charge in [0.05, 0.1) is 0 Å². The van der Waals surface area contributed by atoms with Crippen molar-refractivity contribution in [1.29, 1.82) is 0 Å². The fourth-order valence-corrected chi connectivity index (χ4v) is 1.49. The zero-order valence-corrected chi connectivity index (χ0v) is 10.7. The Labute approximate surface area is 103 Å². The van der Waals surface area contributed by atoms with Crippen molar-refractivity contribution in [1.82, 2.24) is 4.90 Å². The van der Waals surface area contributed by atoms with Crippen molar-refractivity contribution in [3.05, 3.63) is 29.8 Å². The number of carbonyl (C=O) groups is 1. The Kier molecular flexibility index (Phi) is 5.49. The molecule has 1 aromatic rings. The molecule has 0 unspecified atom stereocenters. The normalized spacial score (nSPS) is 10.1. The predicted octanol–water partition coefficient (Wildman–Crippen LogP) is 2.50. The van der Waals surface area contributed by atoms with E-state index >= 15 is 0 Å². The number of aryl methyl sites for hydroxylation is 1. The van der Waals surface area contributed by atoms with Crippen molar-refractivity contribution in [2.45, 2.75) is 13.3 Å². The van der Waals surface area contributed by atoms with Gasteiger partial charge in [-0.2, -0.15) is 0 Å². The molecule has 1 aromatic carbocycles. The second-order valence-corrected chi connectivity index (χ2v) is 4.07. The average Bonchev–Trinajstić information content (AvgIpc) is 2.29. The number of ether oxygens (including phenoxy) is 1. The summed E-state index contributed by atoms with van der Waals surface area (Å²) in [6, 6.07) is 7.66. The molecule has 0 saturated carbocycles. The van der Waals surface area contributed by atoms with Gasteiger partial charge in [0.2, 0.25) is 0 Å². The SMILES string of the molecule is COCCCN(C)C(=O)Nc1cccc(C)c1. The molecule has 0 fully saturated rings. The van der Waals surface area contributed by atoms with E-state index in [1.807, 2.05) is 31.2 Å². The first kappa shape index (κ1) is 13.5. The molecule has 94 valence electrons. The number of anilines is 1. The summed E-state index contributed by atoms with van der Waals surface area (Å²) in [6.45, 7) is 3.35. The van der Waals surface area contributed by atoms with E-state index in [1.54, 1.807) is 19.1 Å². The second-order valence-electron chi connectivity index (χ2n) is 4.07. The summed E-state index contributed by atoms with van der Waals surface area (Å²) >= 11 is 0. The second kappa shape index (κ2) is 6.91. The fourth-order valence-electron chi connectivity index (χ4n) is 1.49. The van der Waals surface area contributed by atoms with Crippen LogP contribution in [0.25, 0.3) is 0 Å². The molecule has 1 N–H and O–H groups in total. The van der Waals surface area contributed by atoms with Crippen molar-refractivity contribution in [2.75, 3.05) is 32.6 Å². The molecule has 0 heterocycles. The number of nitrogens with zero attached hydrogens (tertiary/aromatic N) is 1. The number of rotatable bonds is 5. The van der Waals surface area contributed by atoms with Gasteiger partial charge in [-0.05, 0) is 31.0 Å². The van der Waals surface area contributed by atoms with E-state index in [-0.39, 0.29) is 6.03 Å². The van der Waals surface area contributed by atoms with Crippen LogP contribution < -0.4 is 5.32 Å². The van der Waals surface area contributed by atoms with Crippen LogP contribution in [-0.4, -0.2) is 38.2 Å². The average molecular weight is 236 g/mol. The van der Waals surface area contributed by atoms with Crippen LogP contribution in [-0.2, 0) is 4.74 Å². The van der Waals surface area contributed by atoms with Crippen molar-refractivity contribution in [2.24, 2.45) is 0 Å². The van der Waals surface area contributed by atoms with Crippen molar-refractivity contribution in [3.8, 4) is 0 Å². The highest BCUT2D eigenvalue weighted by molar-refractivity contribution is 5.89. The lowest BCUT2D eigenvalue weighted by Crippen LogP contribution is -2.32. The van der Waals surface area contributed by atoms with Crippen LogP contribution >= 0.6 is 0 Å². The van der Waals surface area contributed by atoms with E-state index in [9.17, 15) is 4.79 Å². The summed E-state index contributed by atoms with van der Waals surface area (Å²) in [5.41, 5.74) is 1.96. The third-order valence-corrected chi connectivity index (χ3v) is 2.46. The molecule has 0 aliphatic carbocycles. The minimum absolute atomic E-state index is 0.0910. The molecule has 4 heteroatoms. The highest BCUT2D eigenvalue weighted by atomic mass is 16.5. The maximum Gasteiger partial charge on any atom is 0.321 e. The van der Waals surface area contributed by atoms with Crippen molar-refractivity contribution < 1.29 is 9.53 Å². The minimum atomic E-state index is -0.0910. The first-order chi connectivity index (χ1) is 8.13. The Balaban J connectivity index is 2.43. The van der Waals surface area contributed by atoms with Gasteiger partial charge in [0.15, 0.2) is 0 Å². The van der Waals surface area contributed by atoms with Gasteiger partial charge in [-0.1, -0.05) is 12.1 Å². The van der Waals surface area contributed by atoms with Crippen LogP contribution in [0, 0.1) is 6.92 Å². The molecule has 0 radical (unpaired) electrons. The first-order valence-electron chi connectivity index (χ1n) is 5.71. The number of urea groups is 1. The molecule has 0 aliphatic rings. The van der Waals surface area contributed by atoms with Crippen molar-refractivity contribution >= 4 is 11.7 Å². The van der Waals surface area contributed by atoms with Crippen LogP contribution in [0.4, 0.5) is 10.5 Å². The molecule has 2 amide bonds. The zero-order valence-electron chi connectivity index (χ0n) is 10.7. The Morgan fingerprint density at radius 2 is 2.24 bits per heavy atom. The summed E-state index contributed by atoms with van der Waals surface area (Å²) in [5.74, 6) is 0. The summed E-state index contributed by atoms with van der Waals surface area (Å²) in [5, 5.41) is 2.86. The molecule has 0 spiro atoms. The molecule has 0 aromatic heterocycles. The largest absolute Gasteiger partial charge is 0.385 e. The van der Waals surface area contributed by atoms with E-state index in [1.165, 1.54) is 0 Å². The van der Waals surface area contributed by atoms with E-state index in [0.29, 0.717) is 13.2 Å². The molecule has 0 bridgehead atoms. The minimum Gasteiger partial charge on any atom is -0.385 e. The Bertz CT molecular complexity index is 366. The smallest absolute Gasteiger partial charge is 0.321 e. The van der Waals surface area contributed by atoms with E-state index < -0.39 is 0 Å². The van der Waals surface area contributed by atoms with Crippen LogP contribution in [0.2, 0.25) is 0 Å². The quantitative estimate of drug-likeness (QED) is 0.798. The van der Waals surface area contributed by atoms with E-state index in [4.69, 9.17) is 4.74 Å². The maximum atomic E-state index is 11.8. The monoisotopic (exact) mass is 236 g/mol. The summed E-state index contributed by atoms with van der Waals surface area (Å²) in [7, 11) is 3.44. The highest BCUT2D eigenvalue weighted by Crippen LogP contribution is 2.10. The van der Waals surface area contributed by atoms with Gasteiger partial charge in [0.25, 0.3) is 0 Å². The lowest BCUT2D eigenvalue weighted by Gasteiger charge is -2.17. The number of nitrogens with one attached hydrogen (secondary N) is 1. The lowest BCUT2D eigenvalue weighted by atomic mass is 10.2. The lowest BCUT2D eigenvalue weighted by molar-refractivity contribution is 0.179. The first-order valence-corrected chi connectivity index (χ1v) is 5.71. The molecule has 1 rings (SSSR count). The van der Waals surface area contributed by atoms with Gasteiger partial charge >= 0.3 is 6.03 Å². The van der Waals surface area contributed by atoms with E-state index in [2.05, 4.69) is 5.32 Å². The number of hydrogen-bond donors (Lipinski definition) is 1. The Hall–Kier alpha value is -1.55. The number of benzene rings is 1. The van der Waals surface area contributed by atoms with Crippen LogP contribution in [0.5, 0.6) is 0 Å². The van der Waals surface area contributed by atoms with Gasteiger partial charge in [0, 0.05) is 33.0 Å². The van der Waals surface area contributed by atoms with Gasteiger partial charge < -0.3 is 15.0 Å². The van der Waals surface area contributed by atoms with Gasteiger partial charge in [-0.15, -0.1) is 0 Å². The van der Waals surface area contributed by atoms with E-state index in [0.717, 1.165) is 17.7 Å². The summed E-state index contributed by atoms with van der Waals surface area (Å²) in [6.07, 6.45) is 0.842. The predicted molar refractivity (Wildman–Crippen MR) is 69.3 cm³/mol. The fraction of sp³-hybridized carbons (Fsp3) is 0.462. The van der Waals surface area contributed by atoms with Gasteiger partial charge in [-0.25, -0.2) is 4.79 Å². The van der Waals surface area contributed by atoms with Crippen LogP contribution in [0.1, 0.15) is 12.0 Å². The zero-order chi connectivity index (χ0) is 12.7. The molecule has 0 aliphatic heterocycles. The molecule has 4 nitrogen and oxygen atoms in total. The Morgan fingerprint density at radius 1 is 1.47 bits per heavy atom. The molecule has 0 atom stereocenters. The summed E-state index contributed by atoms with van der Waals surface area (Å²) < 4.78 is 4.95. The third-order valence-electron chi connectivity index (χ3n) is 2.46. The van der Waals surface area contributed by atoms with Crippen LogP contribution in [0.3, 0.4) is 0 Å². The van der Waals surface area contributed by atoms with Gasteiger partial charge in [-0.3, -0.25) is 0 Å². The highest BCUT2D eigenvalue weighted by Gasteiger charge is 2.07.